The number of hydrogen-bond acceptors (Lipinski definition) is 8. The van der Waals surface area contributed by atoms with Crippen LogP contribution in [-0.4, -0.2) is 71.3 Å². The normalized spacial score (nSPS) is 18.0. The molecule has 42 heavy (non-hydrogen) atoms. The van der Waals surface area contributed by atoms with Crippen molar-refractivity contribution in [3.05, 3.63) is 71.8 Å². The molecule has 1 aliphatic rings. The van der Waals surface area contributed by atoms with Gasteiger partial charge in [-0.3, -0.25) is 9.69 Å². The van der Waals surface area contributed by atoms with Gasteiger partial charge in [0.25, 0.3) is 0 Å². The zero-order chi connectivity index (χ0) is 30.9. The van der Waals surface area contributed by atoms with Crippen LogP contribution in [0, 0.1) is 11.3 Å². The van der Waals surface area contributed by atoms with E-state index in [0.29, 0.717) is 17.5 Å². The lowest BCUT2D eigenvalue weighted by Gasteiger charge is -2.26. The molecule has 0 unspecified atom stereocenters. The van der Waals surface area contributed by atoms with Crippen molar-refractivity contribution in [2.24, 2.45) is 11.3 Å². The minimum atomic E-state index is -1.54. The Balaban J connectivity index is 1.70. The van der Waals surface area contributed by atoms with Crippen molar-refractivity contribution >= 4 is 29.9 Å². The lowest BCUT2D eigenvalue weighted by molar-refractivity contribution is -0.160. The van der Waals surface area contributed by atoms with Crippen LogP contribution in [0.25, 0.3) is 0 Å². The highest BCUT2D eigenvalue weighted by molar-refractivity contribution is 5.98. The summed E-state index contributed by atoms with van der Waals surface area (Å²) in [5.41, 5.74) is 0.965. The number of ether oxygens (including phenoxy) is 3. The average Bonchev–Trinajstić information content (AvgIpc) is 3.37. The van der Waals surface area contributed by atoms with E-state index in [1.165, 1.54) is 6.92 Å². The number of carbonyl (C=O) groups excluding carboxylic acids is 4. The number of nitrogens with one attached hydrogen (secondary N) is 1. The smallest absolute Gasteiger partial charge is 0.408 e. The van der Waals surface area contributed by atoms with Gasteiger partial charge in [0, 0.05) is 12.1 Å². The molecule has 0 saturated carbocycles. The molecule has 0 radical (unpaired) electrons. The fourth-order valence-electron chi connectivity index (χ4n) is 4.90. The van der Waals surface area contributed by atoms with Gasteiger partial charge in [0.1, 0.15) is 18.8 Å². The van der Waals surface area contributed by atoms with E-state index in [4.69, 9.17) is 14.2 Å². The van der Waals surface area contributed by atoms with Crippen molar-refractivity contribution in [1.82, 2.24) is 10.2 Å². The lowest BCUT2D eigenvalue weighted by Crippen LogP contribution is -2.52. The SMILES string of the molecule is C[C@H](OC(=O)[C@@H]1C[C@H](CC(C)(C)C)CN1C(=O)O)[C@H](NC(=O)OCc1ccccc1)C(=O)OCC(=O)c1ccccc1. The monoisotopic (exact) mass is 582 g/mol. The fraction of sp³-hybridized carbons (Fsp3) is 0.452. The molecule has 2 N–H and O–H groups in total. The largest absolute Gasteiger partial charge is 0.465 e. The van der Waals surface area contributed by atoms with Crippen molar-refractivity contribution in [2.45, 2.75) is 65.3 Å². The second kappa shape index (κ2) is 14.5. The summed E-state index contributed by atoms with van der Waals surface area (Å²) >= 11 is 0. The van der Waals surface area contributed by atoms with Gasteiger partial charge in [0.05, 0.1) is 0 Å². The number of likely N-dealkylation sites (tertiary alicyclic amines) is 1. The summed E-state index contributed by atoms with van der Waals surface area (Å²) in [4.78, 5) is 64.3. The Morgan fingerprint density at radius 2 is 1.60 bits per heavy atom. The summed E-state index contributed by atoms with van der Waals surface area (Å²) in [7, 11) is 0. The van der Waals surface area contributed by atoms with E-state index in [0.717, 1.165) is 4.90 Å². The number of alkyl carbamates (subject to hydrolysis) is 1. The summed E-state index contributed by atoms with van der Waals surface area (Å²) in [5.74, 6) is -2.39. The number of benzene rings is 2. The Kier molecular flexibility index (Phi) is 11.1. The van der Waals surface area contributed by atoms with Gasteiger partial charge in [-0.25, -0.2) is 19.2 Å². The summed E-state index contributed by atoms with van der Waals surface area (Å²) in [6.45, 7) is 6.96. The first-order chi connectivity index (χ1) is 19.8. The Labute approximate surface area is 245 Å². The zero-order valence-electron chi connectivity index (χ0n) is 24.3. The van der Waals surface area contributed by atoms with Crippen molar-refractivity contribution in [2.75, 3.05) is 13.2 Å². The number of rotatable bonds is 11. The summed E-state index contributed by atoms with van der Waals surface area (Å²) in [5, 5.41) is 12.1. The van der Waals surface area contributed by atoms with Crippen LogP contribution in [0.4, 0.5) is 9.59 Å². The highest BCUT2D eigenvalue weighted by atomic mass is 16.6. The van der Waals surface area contributed by atoms with E-state index in [-0.39, 0.29) is 30.9 Å². The third-order valence-corrected chi connectivity index (χ3v) is 6.76. The van der Waals surface area contributed by atoms with Crippen LogP contribution in [0.5, 0.6) is 0 Å². The Morgan fingerprint density at radius 3 is 2.19 bits per heavy atom. The minimum absolute atomic E-state index is 0.0511. The molecule has 1 saturated heterocycles. The molecule has 226 valence electrons. The van der Waals surface area contributed by atoms with Gasteiger partial charge in [-0.1, -0.05) is 81.4 Å². The first-order valence-corrected chi connectivity index (χ1v) is 13.8. The topological polar surface area (TPSA) is 149 Å². The summed E-state index contributed by atoms with van der Waals surface area (Å²) < 4.78 is 15.9. The third kappa shape index (κ3) is 9.60. The molecule has 1 fully saturated rings. The molecule has 1 heterocycles. The van der Waals surface area contributed by atoms with E-state index in [9.17, 15) is 29.1 Å². The van der Waals surface area contributed by atoms with Crippen LogP contribution in [0.2, 0.25) is 0 Å². The van der Waals surface area contributed by atoms with Crippen molar-refractivity contribution < 1.29 is 43.3 Å². The van der Waals surface area contributed by atoms with Gasteiger partial charge >= 0.3 is 24.1 Å². The number of esters is 2. The molecule has 2 amide bonds. The average molecular weight is 583 g/mol. The van der Waals surface area contributed by atoms with E-state index < -0.39 is 54.7 Å². The van der Waals surface area contributed by atoms with Crippen LogP contribution in [0.15, 0.2) is 60.7 Å². The maximum Gasteiger partial charge on any atom is 0.408 e. The molecule has 3 rings (SSSR count). The Hall–Kier alpha value is -4.41. The quantitative estimate of drug-likeness (QED) is 0.223. The lowest BCUT2D eigenvalue weighted by atomic mass is 9.84. The molecule has 1 aliphatic heterocycles. The molecule has 2 aromatic carbocycles. The van der Waals surface area contributed by atoms with E-state index in [1.54, 1.807) is 54.6 Å². The number of hydrogen-bond donors (Lipinski definition) is 2. The predicted octanol–water partition coefficient (Wildman–Crippen LogP) is 4.44. The van der Waals surface area contributed by atoms with Gasteiger partial charge in [-0.2, -0.15) is 0 Å². The number of nitrogens with zero attached hydrogens (tertiary/aromatic N) is 1. The van der Waals surface area contributed by atoms with Crippen LogP contribution < -0.4 is 5.32 Å². The van der Waals surface area contributed by atoms with Gasteiger partial charge in [-0.05, 0) is 36.7 Å². The number of carbonyl (C=O) groups is 5. The first kappa shape index (κ1) is 32.1. The Bertz CT molecular complexity index is 1240. The maximum atomic E-state index is 13.2. The van der Waals surface area contributed by atoms with Crippen LogP contribution >= 0.6 is 0 Å². The molecule has 0 bridgehead atoms. The molecule has 11 nitrogen and oxygen atoms in total. The summed E-state index contributed by atoms with van der Waals surface area (Å²) in [6, 6.07) is 14.5. The molecule has 0 aromatic heterocycles. The highest BCUT2D eigenvalue weighted by Gasteiger charge is 2.43. The van der Waals surface area contributed by atoms with Crippen LogP contribution in [0.3, 0.4) is 0 Å². The second-order valence-corrected chi connectivity index (χ2v) is 11.5. The van der Waals surface area contributed by atoms with Crippen molar-refractivity contribution in [3.8, 4) is 0 Å². The van der Waals surface area contributed by atoms with Gasteiger partial charge in [0.15, 0.2) is 18.4 Å². The third-order valence-electron chi connectivity index (χ3n) is 6.76. The Morgan fingerprint density at radius 1 is 0.976 bits per heavy atom. The molecule has 0 spiro atoms. The molecule has 0 aliphatic carbocycles. The number of amides is 2. The summed E-state index contributed by atoms with van der Waals surface area (Å²) in [6.07, 6.45) is -2.54. The van der Waals surface area contributed by atoms with Gasteiger partial charge in [-0.15, -0.1) is 0 Å². The molecule has 11 heteroatoms. The fourth-order valence-corrected chi connectivity index (χ4v) is 4.90. The van der Waals surface area contributed by atoms with Crippen LogP contribution in [0.1, 0.15) is 56.5 Å². The van der Waals surface area contributed by atoms with E-state index in [2.05, 4.69) is 5.32 Å². The predicted molar refractivity (Wildman–Crippen MR) is 152 cm³/mol. The molecule has 4 atom stereocenters. The highest BCUT2D eigenvalue weighted by Crippen LogP contribution is 2.34. The first-order valence-electron chi connectivity index (χ1n) is 13.8. The van der Waals surface area contributed by atoms with E-state index in [1.807, 2.05) is 26.8 Å². The maximum absolute atomic E-state index is 13.2. The number of carboxylic acid groups (broad SMARTS) is 1. The van der Waals surface area contributed by atoms with E-state index >= 15 is 0 Å². The standard InChI is InChI=1S/C31H38N2O9/c1-20(42-27(35)24-15-22(16-31(2,3)4)17-33(24)30(38)39)26(32-29(37)41-18-21-11-7-5-8-12-21)28(36)40-19-25(34)23-13-9-6-10-14-23/h5-14,20,22,24,26H,15-19H2,1-4H3,(H,32,37)(H,38,39)/t20-,22+,24-,26-/m0/s1. The molecular formula is C31H38N2O9. The zero-order valence-corrected chi connectivity index (χ0v) is 24.3. The minimum Gasteiger partial charge on any atom is -0.465 e. The molecule has 2 aromatic rings. The molecular weight excluding hydrogens is 544 g/mol. The second-order valence-electron chi connectivity index (χ2n) is 11.5. The van der Waals surface area contributed by atoms with Gasteiger partial charge in [0.2, 0.25) is 0 Å². The van der Waals surface area contributed by atoms with Crippen LogP contribution in [-0.2, 0) is 30.4 Å². The van der Waals surface area contributed by atoms with Crippen molar-refractivity contribution in [1.29, 1.82) is 0 Å². The number of ketones is 1. The van der Waals surface area contributed by atoms with Crippen molar-refractivity contribution in [3.63, 3.8) is 0 Å². The number of Topliss-reactive ketones (excluding diaryl/α,β-unsaturated/α-hetero) is 1. The van der Waals surface area contributed by atoms with Gasteiger partial charge < -0.3 is 24.6 Å².